The Morgan fingerprint density at radius 1 is 0.889 bits per heavy atom. The highest BCUT2D eigenvalue weighted by atomic mass is 15.2. The molecule has 5 heteroatoms. The van der Waals surface area contributed by atoms with Gasteiger partial charge in [-0.2, -0.15) is 4.98 Å². The number of likely N-dealkylation sites (N-methyl/N-ethyl adjacent to an activating group) is 1. The summed E-state index contributed by atoms with van der Waals surface area (Å²) in [5.41, 5.74) is 5.51. The van der Waals surface area contributed by atoms with Crippen LogP contribution in [0.4, 0.5) is 17.5 Å². The quantitative estimate of drug-likeness (QED) is 0.650. The van der Waals surface area contributed by atoms with Crippen LogP contribution in [0.25, 0.3) is 11.3 Å². The van der Waals surface area contributed by atoms with Gasteiger partial charge in [-0.1, -0.05) is 36.4 Å². The number of benzene rings is 2. The molecule has 3 rings (SSSR count). The number of nitrogens with zero attached hydrogens (tertiary/aromatic N) is 3. The van der Waals surface area contributed by atoms with E-state index < -0.39 is 0 Å². The largest absolute Gasteiger partial charge is 0.353 e. The van der Waals surface area contributed by atoms with E-state index in [1.54, 1.807) is 0 Å². The van der Waals surface area contributed by atoms with Gasteiger partial charge in [0.15, 0.2) is 0 Å². The molecule has 0 amide bonds. The molecule has 0 bridgehead atoms. The second-order valence-electron chi connectivity index (χ2n) is 6.98. The van der Waals surface area contributed by atoms with Crippen molar-refractivity contribution in [2.45, 2.75) is 13.8 Å². The minimum Gasteiger partial charge on any atom is -0.353 e. The summed E-state index contributed by atoms with van der Waals surface area (Å²) in [6.07, 6.45) is 0. The number of anilines is 3. The molecule has 2 aromatic carbocycles. The Morgan fingerprint density at radius 3 is 2.37 bits per heavy atom. The highest BCUT2D eigenvalue weighted by Crippen LogP contribution is 2.24. The molecule has 0 saturated carbocycles. The van der Waals surface area contributed by atoms with E-state index in [-0.39, 0.29) is 0 Å². The summed E-state index contributed by atoms with van der Waals surface area (Å²) >= 11 is 0. The first-order valence-corrected chi connectivity index (χ1v) is 9.18. The van der Waals surface area contributed by atoms with Gasteiger partial charge in [0, 0.05) is 30.4 Å². The SMILES string of the molecule is Cc1ccc(Nc2cc(-c3ccccc3)nc(NCCN(C)C)n2)cc1C. The van der Waals surface area contributed by atoms with Crippen LogP contribution in [0.1, 0.15) is 11.1 Å². The van der Waals surface area contributed by atoms with Crippen molar-refractivity contribution in [3.63, 3.8) is 0 Å². The molecular formula is C22H27N5. The molecule has 3 aromatic rings. The summed E-state index contributed by atoms with van der Waals surface area (Å²) in [6, 6.07) is 18.5. The normalized spacial score (nSPS) is 10.9. The second-order valence-corrected chi connectivity index (χ2v) is 6.98. The fraction of sp³-hybridized carbons (Fsp3) is 0.273. The van der Waals surface area contributed by atoms with Gasteiger partial charge in [0.2, 0.25) is 5.95 Å². The zero-order chi connectivity index (χ0) is 19.2. The van der Waals surface area contributed by atoms with Crippen LogP contribution in [0.2, 0.25) is 0 Å². The minimum atomic E-state index is 0.629. The molecule has 0 saturated heterocycles. The van der Waals surface area contributed by atoms with Gasteiger partial charge in [-0.15, -0.1) is 0 Å². The molecule has 27 heavy (non-hydrogen) atoms. The molecule has 0 spiro atoms. The van der Waals surface area contributed by atoms with E-state index in [4.69, 9.17) is 4.98 Å². The lowest BCUT2D eigenvalue weighted by Gasteiger charge is -2.14. The standard InChI is InChI=1S/C22H27N5/c1-16-10-11-19(14-17(16)2)24-21-15-20(18-8-6-5-7-9-18)25-22(26-21)23-12-13-27(3)4/h5-11,14-15H,12-13H2,1-4H3,(H2,23,24,25,26). The summed E-state index contributed by atoms with van der Waals surface area (Å²) in [6.45, 7) is 5.93. The molecule has 0 atom stereocenters. The van der Waals surface area contributed by atoms with Gasteiger partial charge < -0.3 is 15.5 Å². The van der Waals surface area contributed by atoms with Gasteiger partial charge >= 0.3 is 0 Å². The van der Waals surface area contributed by atoms with Crippen molar-refractivity contribution >= 4 is 17.5 Å². The van der Waals surface area contributed by atoms with Crippen LogP contribution in [-0.4, -0.2) is 42.1 Å². The molecule has 5 nitrogen and oxygen atoms in total. The number of rotatable bonds is 7. The fourth-order valence-corrected chi connectivity index (χ4v) is 2.71. The lowest BCUT2D eigenvalue weighted by molar-refractivity contribution is 0.425. The van der Waals surface area contributed by atoms with Crippen LogP contribution < -0.4 is 10.6 Å². The average Bonchev–Trinajstić information content (AvgIpc) is 2.65. The van der Waals surface area contributed by atoms with E-state index in [1.165, 1.54) is 11.1 Å². The first-order valence-electron chi connectivity index (χ1n) is 9.18. The summed E-state index contributed by atoms with van der Waals surface area (Å²) in [5, 5.41) is 6.75. The summed E-state index contributed by atoms with van der Waals surface area (Å²) in [5.74, 6) is 1.41. The van der Waals surface area contributed by atoms with Crippen molar-refractivity contribution in [2.75, 3.05) is 37.8 Å². The lowest BCUT2D eigenvalue weighted by Crippen LogP contribution is -2.21. The molecule has 0 aliphatic carbocycles. The van der Waals surface area contributed by atoms with Crippen molar-refractivity contribution < 1.29 is 0 Å². The van der Waals surface area contributed by atoms with Gasteiger partial charge in [0.05, 0.1) is 5.69 Å². The average molecular weight is 361 g/mol. The van der Waals surface area contributed by atoms with Crippen LogP contribution in [0.5, 0.6) is 0 Å². The number of hydrogen-bond donors (Lipinski definition) is 2. The van der Waals surface area contributed by atoms with Gasteiger partial charge in [0.1, 0.15) is 5.82 Å². The predicted molar refractivity (Wildman–Crippen MR) is 114 cm³/mol. The van der Waals surface area contributed by atoms with Crippen LogP contribution >= 0.6 is 0 Å². The van der Waals surface area contributed by atoms with Gasteiger partial charge in [0.25, 0.3) is 0 Å². The van der Waals surface area contributed by atoms with E-state index in [2.05, 4.69) is 78.8 Å². The lowest BCUT2D eigenvalue weighted by atomic mass is 10.1. The van der Waals surface area contributed by atoms with Crippen LogP contribution in [0.3, 0.4) is 0 Å². The smallest absolute Gasteiger partial charge is 0.225 e. The van der Waals surface area contributed by atoms with Crippen LogP contribution in [0, 0.1) is 13.8 Å². The minimum absolute atomic E-state index is 0.629. The Kier molecular flexibility index (Phi) is 6.04. The van der Waals surface area contributed by atoms with Gasteiger partial charge in [-0.3, -0.25) is 0 Å². The second kappa shape index (κ2) is 8.64. The maximum absolute atomic E-state index is 4.69. The molecule has 0 aliphatic heterocycles. The van der Waals surface area contributed by atoms with Crippen LogP contribution in [-0.2, 0) is 0 Å². The summed E-state index contributed by atoms with van der Waals surface area (Å²) < 4.78 is 0. The fourth-order valence-electron chi connectivity index (χ4n) is 2.71. The van der Waals surface area contributed by atoms with E-state index in [0.717, 1.165) is 35.9 Å². The first kappa shape index (κ1) is 18.9. The Hall–Kier alpha value is -2.92. The number of aryl methyl sites for hydroxylation is 2. The van der Waals surface area contributed by atoms with Crippen molar-refractivity contribution in [3.8, 4) is 11.3 Å². The van der Waals surface area contributed by atoms with E-state index in [0.29, 0.717) is 5.95 Å². The third-order valence-electron chi connectivity index (χ3n) is 4.42. The van der Waals surface area contributed by atoms with Crippen LogP contribution in [0.15, 0.2) is 54.6 Å². The van der Waals surface area contributed by atoms with Crippen molar-refractivity contribution in [1.82, 2.24) is 14.9 Å². The number of nitrogens with one attached hydrogen (secondary N) is 2. The topological polar surface area (TPSA) is 53.1 Å². The predicted octanol–water partition coefficient (Wildman–Crippen LogP) is 4.48. The molecule has 0 unspecified atom stereocenters. The highest BCUT2D eigenvalue weighted by Gasteiger charge is 2.08. The Bertz CT molecular complexity index is 890. The monoisotopic (exact) mass is 361 g/mol. The molecule has 0 radical (unpaired) electrons. The van der Waals surface area contributed by atoms with Crippen molar-refractivity contribution in [3.05, 3.63) is 65.7 Å². The van der Waals surface area contributed by atoms with E-state index in [1.807, 2.05) is 24.3 Å². The van der Waals surface area contributed by atoms with Crippen molar-refractivity contribution in [1.29, 1.82) is 0 Å². The Morgan fingerprint density at radius 2 is 1.67 bits per heavy atom. The zero-order valence-electron chi connectivity index (χ0n) is 16.5. The van der Waals surface area contributed by atoms with E-state index in [9.17, 15) is 0 Å². The Labute approximate surface area is 161 Å². The molecule has 0 aliphatic rings. The highest BCUT2D eigenvalue weighted by molar-refractivity contribution is 5.67. The third kappa shape index (κ3) is 5.28. The van der Waals surface area contributed by atoms with Gasteiger partial charge in [-0.05, 0) is 51.2 Å². The zero-order valence-corrected chi connectivity index (χ0v) is 16.5. The number of aromatic nitrogens is 2. The molecule has 1 aromatic heterocycles. The molecule has 140 valence electrons. The number of hydrogen-bond acceptors (Lipinski definition) is 5. The molecular weight excluding hydrogens is 334 g/mol. The molecule has 0 fully saturated rings. The van der Waals surface area contributed by atoms with Gasteiger partial charge in [-0.25, -0.2) is 4.98 Å². The first-order chi connectivity index (χ1) is 13.0. The third-order valence-corrected chi connectivity index (χ3v) is 4.42. The maximum Gasteiger partial charge on any atom is 0.225 e. The van der Waals surface area contributed by atoms with Crippen molar-refractivity contribution in [2.24, 2.45) is 0 Å². The summed E-state index contributed by atoms with van der Waals surface area (Å²) in [4.78, 5) is 11.5. The Balaban J connectivity index is 1.90. The maximum atomic E-state index is 4.69. The van der Waals surface area contributed by atoms with E-state index >= 15 is 0 Å². The molecule has 1 heterocycles. The molecule has 2 N–H and O–H groups in total. The summed E-state index contributed by atoms with van der Waals surface area (Å²) in [7, 11) is 4.10.